The number of nitrogens with two attached hydrogens (primary N) is 1. The molecule has 5 fully saturated rings. The molecule has 9 aliphatic heterocycles. The molecule has 0 radical (unpaired) electrons. The molecule has 11 aromatic rings. The molecular weight excluding hydrogens is 1830 g/mol. The summed E-state index contributed by atoms with van der Waals surface area (Å²) in [5.74, 6) is -7.91. The number of amides is 17. The Morgan fingerprint density at radius 3 is 1.36 bits per heavy atom. The maximum Gasteiger partial charge on any atom is 0.323 e. The van der Waals surface area contributed by atoms with E-state index in [0.717, 1.165) is 81.1 Å². The van der Waals surface area contributed by atoms with Crippen LogP contribution in [-0.4, -0.2) is 210 Å². The first kappa shape index (κ1) is 90.9. The lowest BCUT2D eigenvalue weighted by molar-refractivity contribution is -0.126. The van der Waals surface area contributed by atoms with Crippen molar-refractivity contribution in [3.05, 3.63) is 234 Å². The molecule has 5 aromatic carbocycles. The molecule has 4 atom stereocenters. The number of hydrogen-bond acceptors (Lipinski definition) is 25. The highest BCUT2D eigenvalue weighted by Crippen LogP contribution is 2.46. The normalized spacial score (nSPS) is 20.2. The number of primary amides is 1. The Balaban J connectivity index is 0.000000126. The number of nitrogens with one attached hydrogen (secondary N) is 8. The number of halogens is 8. The van der Waals surface area contributed by atoms with Crippen LogP contribution in [0.1, 0.15) is 110 Å². The number of furan rings is 3. The smallest absolute Gasteiger partial charge is 0.323 e. The SMILES string of the molecule is COc1c(Cl)cc2c(c1Cl)C(=O)N(C[C@@]1(c3cc4cnccc4o3)NC(=O)NC1=O)C2.COc1c(F)cc2c(c1F)C(=O)N(CC1(C#Cc3ccc(C(N)=O)cc3)NC(=O)NC1=O)C2.COc1c(F)cc2c(c1F)C(=O)N(CC1(c3cc4nc(N5CCC(N(C)C)CC5)ccc4o3)NC(=O)NC1=O)C2.COc1c(F)cc2c(c1F)C(=O)N(C[C@@]1(c3cc4ncccc4o3)NC(=O)NC1=O)C2. The van der Waals surface area contributed by atoms with Crippen LogP contribution in [0.4, 0.5) is 51.3 Å². The van der Waals surface area contributed by atoms with Crippen molar-refractivity contribution >= 4 is 139 Å². The summed E-state index contributed by atoms with van der Waals surface area (Å²) in [5, 5.41) is 19.8. The van der Waals surface area contributed by atoms with Crippen LogP contribution in [0.5, 0.6) is 23.0 Å². The fourth-order valence-electron chi connectivity index (χ4n) is 17.4. The van der Waals surface area contributed by atoms with Crippen LogP contribution in [0.25, 0.3) is 33.2 Å². The molecule has 0 aliphatic carbocycles. The van der Waals surface area contributed by atoms with E-state index in [1.54, 1.807) is 54.9 Å². The number of rotatable bonds is 18. The Hall–Kier alpha value is -16.0. The lowest BCUT2D eigenvalue weighted by atomic mass is 9.95. The van der Waals surface area contributed by atoms with Crippen LogP contribution in [0.2, 0.25) is 10.0 Å². The fourth-order valence-corrected chi connectivity index (χ4v) is 18.2. The molecule has 0 saturated carbocycles. The molecule has 694 valence electrons. The topological polar surface area (TPSA) is 479 Å². The van der Waals surface area contributed by atoms with Gasteiger partial charge in [0.25, 0.3) is 47.3 Å². The van der Waals surface area contributed by atoms with E-state index in [1.807, 2.05) is 6.07 Å². The number of carbonyl (C=O) groups is 13. The van der Waals surface area contributed by atoms with Gasteiger partial charge in [0, 0.05) is 92.5 Å². The Kier molecular flexibility index (Phi) is 23.5. The molecule has 20 rings (SSSR count). The second-order valence-electron chi connectivity index (χ2n) is 32.4. The number of carbonyl (C=O) groups excluding carboxylic acids is 13. The molecular formula is C89H72Cl2F6N18O20. The second-order valence-corrected chi connectivity index (χ2v) is 33.2. The van der Waals surface area contributed by atoms with E-state index in [2.05, 4.69) is 93.0 Å². The zero-order chi connectivity index (χ0) is 96.1. The zero-order valence-corrected chi connectivity index (χ0v) is 72.8. The van der Waals surface area contributed by atoms with Crippen molar-refractivity contribution in [2.75, 3.05) is 86.7 Å². The van der Waals surface area contributed by atoms with Gasteiger partial charge in [0.05, 0.1) is 86.9 Å². The maximum absolute atomic E-state index is 14.9. The predicted octanol–water partition coefficient (Wildman–Crippen LogP) is 7.63. The Morgan fingerprint density at radius 2 is 0.933 bits per heavy atom. The third kappa shape index (κ3) is 16.0. The van der Waals surface area contributed by atoms with Crippen molar-refractivity contribution < 1.29 is 121 Å². The number of urea groups is 4. The number of imide groups is 4. The zero-order valence-electron chi connectivity index (χ0n) is 71.3. The highest BCUT2D eigenvalue weighted by molar-refractivity contribution is 6.40. The first-order valence-corrected chi connectivity index (χ1v) is 41.5. The van der Waals surface area contributed by atoms with Gasteiger partial charge in [0.2, 0.25) is 11.4 Å². The summed E-state index contributed by atoms with van der Waals surface area (Å²) in [7, 11) is 8.82. The van der Waals surface area contributed by atoms with E-state index >= 15 is 0 Å². The molecule has 135 heavy (non-hydrogen) atoms. The number of fused-ring (bicyclic) bond motifs is 7. The molecule has 9 aliphatic rings. The van der Waals surface area contributed by atoms with Crippen molar-refractivity contribution in [2.45, 2.75) is 67.2 Å². The average Bonchev–Trinajstić information content (AvgIpc) is 1.58. The minimum absolute atomic E-state index is 0.0533. The predicted molar refractivity (Wildman–Crippen MR) is 458 cm³/mol. The van der Waals surface area contributed by atoms with Gasteiger partial charge in [-0.2, -0.15) is 0 Å². The van der Waals surface area contributed by atoms with E-state index in [1.165, 1.54) is 53.4 Å². The van der Waals surface area contributed by atoms with Crippen LogP contribution in [0.15, 0.2) is 129 Å². The lowest BCUT2D eigenvalue weighted by Crippen LogP contribution is -2.54. The minimum Gasteiger partial charge on any atom is -0.494 e. The average molecular weight is 1900 g/mol. The number of aromatic nitrogens is 3. The summed E-state index contributed by atoms with van der Waals surface area (Å²) in [4.78, 5) is 185. The van der Waals surface area contributed by atoms with Crippen LogP contribution in [0.3, 0.4) is 0 Å². The van der Waals surface area contributed by atoms with Crippen molar-refractivity contribution in [3.8, 4) is 34.8 Å². The standard InChI is InChI=1S/C27H28F2N6O5.C22H16F2N4O5.C20H14Cl2N4O5.C20H14F2N4O5/c1-33(2)15-6-8-34(9-7-15)20-5-4-18-17(30-20)11-19(40-18)27(25(37)31-26(38)32-27)13-35-12-14-10-16(28)23(39-3)22(29)21(14)24(35)36;1-33-17-14(23)8-13-9-28(19(30)15(13)16(17)24)10-22(20(31)26-21(32)27-22)7-6-11-2-4-12(5-3-11)18(25)29;1-30-16-11(21)4-10-7-26(17(27)14(10)15(16)22)8-20(18(28)24-19(29)25-20)13-5-9-6-23-3-2-12(9)31-13;1-30-16-10(21)5-9-7-26(17(27)14(9)15(16)22)8-20(18(28)24-19(29)25-20)13-6-11-12(31-13)3-2-4-23-11/h4-5,10-11,15H,6-9,12-13H2,1-3H3,(H2,31,32,37,38);2-5,8H,9-10H2,1H3,(H2,25,29)(H2,26,27,31,32);2*2-6H,7-8H2,1H3,(H2,24,25,28,29)/t;;2*20-/m..00/s1. The number of anilines is 1. The molecule has 17 amide bonds. The molecule has 46 heteroatoms. The second kappa shape index (κ2) is 34.9. The van der Waals surface area contributed by atoms with Gasteiger partial charge < -0.3 is 88.6 Å². The fraction of sp³-hybridized carbons (Fsp3) is 0.258. The number of benzene rings is 5. The molecule has 38 nitrogen and oxygen atoms in total. The first-order chi connectivity index (χ1) is 64.4. The summed E-state index contributed by atoms with van der Waals surface area (Å²) in [6.07, 6.45) is 6.67. The highest BCUT2D eigenvalue weighted by atomic mass is 35.5. The highest BCUT2D eigenvalue weighted by Gasteiger charge is 2.58. The van der Waals surface area contributed by atoms with Gasteiger partial charge in [-0.3, -0.25) is 74.4 Å². The summed E-state index contributed by atoms with van der Waals surface area (Å²) >= 11 is 12.6. The molecule has 10 N–H and O–H groups in total. The summed E-state index contributed by atoms with van der Waals surface area (Å²) in [6, 6.07) is 21.2. The van der Waals surface area contributed by atoms with E-state index in [-0.39, 0.29) is 123 Å². The van der Waals surface area contributed by atoms with Crippen LogP contribution in [-0.2, 0) is 62.0 Å². The number of piperidine rings is 1. The van der Waals surface area contributed by atoms with Crippen LogP contribution in [0, 0.1) is 46.7 Å². The van der Waals surface area contributed by atoms with Gasteiger partial charge in [-0.1, -0.05) is 35.0 Å². The number of nitrogens with zero attached hydrogens (tertiary/aromatic N) is 9. The number of methoxy groups -OCH3 is 4. The van der Waals surface area contributed by atoms with Gasteiger partial charge >= 0.3 is 24.1 Å². The Labute approximate surface area is 766 Å². The van der Waals surface area contributed by atoms with Crippen molar-refractivity contribution in [2.24, 2.45) is 5.73 Å². The number of pyridine rings is 3. The van der Waals surface area contributed by atoms with Gasteiger partial charge in [0.1, 0.15) is 39.7 Å². The van der Waals surface area contributed by atoms with Gasteiger partial charge in [-0.15, -0.1) is 0 Å². The third-order valence-corrected chi connectivity index (χ3v) is 24.8. The largest absolute Gasteiger partial charge is 0.494 e. The first-order valence-electron chi connectivity index (χ1n) is 40.8. The van der Waals surface area contributed by atoms with Crippen LogP contribution < -0.4 is 72.1 Å². The maximum atomic E-state index is 14.9. The summed E-state index contributed by atoms with van der Waals surface area (Å²) in [5.41, 5.74) is 1.08. The van der Waals surface area contributed by atoms with Crippen molar-refractivity contribution in [1.82, 2.24) is 82.0 Å². The molecule has 0 bridgehead atoms. The van der Waals surface area contributed by atoms with Crippen molar-refractivity contribution in [3.63, 3.8) is 0 Å². The van der Waals surface area contributed by atoms with Gasteiger partial charge in [-0.05, 0) is 134 Å². The van der Waals surface area contributed by atoms with E-state index in [4.69, 9.17) is 61.4 Å². The third-order valence-electron chi connectivity index (χ3n) is 24.1. The lowest BCUT2D eigenvalue weighted by Gasteiger charge is -2.35. The molecule has 5 saturated heterocycles. The quantitative estimate of drug-likeness (QED) is 0.0226. The van der Waals surface area contributed by atoms with Gasteiger partial charge in [0.15, 0.2) is 85.7 Å². The van der Waals surface area contributed by atoms with Crippen LogP contribution >= 0.6 is 23.2 Å². The molecule has 6 aromatic heterocycles. The van der Waals surface area contributed by atoms with Gasteiger partial charge in [-0.25, -0.2) is 50.5 Å². The molecule has 2 unspecified atom stereocenters. The summed E-state index contributed by atoms with van der Waals surface area (Å²) < 4.78 is 124. The Bertz CT molecular complexity index is 6800. The van der Waals surface area contributed by atoms with E-state index in [9.17, 15) is 88.7 Å². The monoisotopic (exact) mass is 1900 g/mol. The van der Waals surface area contributed by atoms with E-state index < -0.39 is 158 Å². The Morgan fingerprint density at radius 1 is 0.504 bits per heavy atom. The summed E-state index contributed by atoms with van der Waals surface area (Å²) in [6.45, 7) is -0.0844. The minimum atomic E-state index is -1.84. The number of ether oxygens (including phenoxy) is 4. The number of hydrogen-bond donors (Lipinski definition) is 9. The van der Waals surface area contributed by atoms with E-state index in [0.29, 0.717) is 50.3 Å². The molecule has 0 spiro atoms. The molecule has 15 heterocycles. The van der Waals surface area contributed by atoms with Crippen molar-refractivity contribution in [1.29, 1.82) is 0 Å².